The first-order valence-corrected chi connectivity index (χ1v) is 10.0. The molecule has 138 valence electrons. The highest BCUT2D eigenvalue weighted by atomic mass is 35.7. The van der Waals surface area contributed by atoms with Gasteiger partial charge in [-0.05, 0) is 28.7 Å². The smallest absolute Gasteiger partial charge is 0.161 e. The molecule has 0 atom stereocenters. The standard InChI is InChI=1S/C20H22N.ClHO4/c1-6-12-21(13-7-1)18-14-16-8-2-4-10-19(16)20-11-5-3-9-17(20)15-18;2-1(3,4)5/h2-5,8-11H,1,6-7,12-15H2;(H,2,3,4,5)/q+1;/p-1. The van der Waals surface area contributed by atoms with Crippen molar-refractivity contribution < 1.29 is 33.5 Å². The highest BCUT2D eigenvalue weighted by Crippen LogP contribution is 2.31. The number of piperidine rings is 1. The summed E-state index contributed by atoms with van der Waals surface area (Å²) in [5.74, 6) is 0. The van der Waals surface area contributed by atoms with Crippen LogP contribution < -0.4 is 18.6 Å². The topological polar surface area (TPSA) is 95.2 Å². The molecule has 26 heavy (non-hydrogen) atoms. The van der Waals surface area contributed by atoms with Crippen molar-refractivity contribution in [2.45, 2.75) is 32.1 Å². The molecule has 1 saturated heterocycles. The van der Waals surface area contributed by atoms with Gasteiger partial charge in [0.25, 0.3) is 0 Å². The Morgan fingerprint density at radius 1 is 0.654 bits per heavy atom. The minimum atomic E-state index is -4.94. The summed E-state index contributed by atoms with van der Waals surface area (Å²) in [7, 11) is -4.94. The molecule has 0 amide bonds. The first-order valence-electron chi connectivity index (χ1n) is 8.79. The third-order valence-corrected chi connectivity index (χ3v) is 4.92. The molecule has 0 N–H and O–H groups in total. The summed E-state index contributed by atoms with van der Waals surface area (Å²) in [5, 5.41) is 0. The van der Waals surface area contributed by atoms with Crippen LogP contribution in [0.25, 0.3) is 11.1 Å². The van der Waals surface area contributed by atoms with Crippen molar-refractivity contribution in [1.82, 2.24) is 0 Å². The van der Waals surface area contributed by atoms with Gasteiger partial charge in [0.15, 0.2) is 5.71 Å². The molecule has 0 bridgehead atoms. The largest absolute Gasteiger partial charge is 0.236 e. The minimum Gasteiger partial charge on any atom is -0.236 e. The van der Waals surface area contributed by atoms with E-state index in [0.717, 1.165) is 12.8 Å². The number of rotatable bonds is 0. The normalized spacial score (nSPS) is 16.8. The third-order valence-electron chi connectivity index (χ3n) is 4.92. The van der Waals surface area contributed by atoms with Crippen molar-refractivity contribution in [3.8, 4) is 11.1 Å². The van der Waals surface area contributed by atoms with Crippen LogP contribution in [0.3, 0.4) is 0 Å². The van der Waals surface area contributed by atoms with E-state index in [4.69, 9.17) is 18.6 Å². The molecule has 0 saturated carbocycles. The van der Waals surface area contributed by atoms with Gasteiger partial charge in [0.05, 0.1) is 12.8 Å². The molecular weight excluding hydrogens is 354 g/mol. The Morgan fingerprint density at radius 2 is 1.08 bits per heavy atom. The van der Waals surface area contributed by atoms with E-state index >= 15 is 0 Å². The van der Waals surface area contributed by atoms with Crippen molar-refractivity contribution in [2.24, 2.45) is 0 Å². The van der Waals surface area contributed by atoms with E-state index in [1.54, 1.807) is 5.71 Å². The number of hydrogen-bond donors (Lipinski definition) is 0. The van der Waals surface area contributed by atoms with E-state index in [2.05, 4.69) is 53.1 Å². The Kier molecular flexibility index (Phi) is 6.06. The summed E-state index contributed by atoms with van der Waals surface area (Å²) >= 11 is 0. The van der Waals surface area contributed by atoms with E-state index < -0.39 is 10.2 Å². The molecule has 2 aromatic carbocycles. The summed E-state index contributed by atoms with van der Waals surface area (Å²) in [6.45, 7) is 2.50. The van der Waals surface area contributed by atoms with Gasteiger partial charge in [-0.3, -0.25) is 0 Å². The number of fused-ring (bicyclic) bond motifs is 3. The van der Waals surface area contributed by atoms with E-state index in [1.165, 1.54) is 54.6 Å². The predicted molar refractivity (Wildman–Crippen MR) is 88.1 cm³/mol. The monoisotopic (exact) mass is 375 g/mol. The van der Waals surface area contributed by atoms with E-state index in [0.29, 0.717) is 0 Å². The Bertz CT molecular complexity index is 735. The van der Waals surface area contributed by atoms with Crippen LogP contribution in [0, 0.1) is 10.2 Å². The zero-order chi connectivity index (χ0) is 18.6. The molecule has 6 heteroatoms. The molecule has 2 aliphatic rings. The number of hydrogen-bond acceptors (Lipinski definition) is 4. The summed E-state index contributed by atoms with van der Waals surface area (Å²) in [5.41, 5.74) is 7.46. The van der Waals surface area contributed by atoms with Gasteiger partial charge in [0, 0.05) is 12.8 Å². The average Bonchev–Trinajstić information content (AvgIpc) is 2.78. The SMILES string of the molecule is [O-][Cl+3]([O-])([O-])[O-].c1ccc2c(c1)CC(=[N+]1CCCCC1)Cc1ccccc1-2. The van der Waals surface area contributed by atoms with Crippen molar-refractivity contribution in [2.75, 3.05) is 13.1 Å². The van der Waals surface area contributed by atoms with Crippen molar-refractivity contribution >= 4 is 5.71 Å². The lowest BCUT2D eigenvalue weighted by molar-refractivity contribution is -2.00. The van der Waals surface area contributed by atoms with Gasteiger partial charge in [-0.1, -0.05) is 48.5 Å². The quantitative estimate of drug-likeness (QED) is 0.571. The van der Waals surface area contributed by atoms with Crippen LogP contribution in [0.15, 0.2) is 48.5 Å². The van der Waals surface area contributed by atoms with Crippen molar-refractivity contribution in [3.63, 3.8) is 0 Å². The Balaban J connectivity index is 0.000000349. The van der Waals surface area contributed by atoms with Crippen LogP contribution in [0.1, 0.15) is 30.4 Å². The second-order valence-electron chi connectivity index (χ2n) is 6.66. The zero-order valence-corrected chi connectivity index (χ0v) is 15.3. The van der Waals surface area contributed by atoms with Gasteiger partial charge in [0.1, 0.15) is 13.1 Å². The first kappa shape index (κ1) is 19.0. The molecule has 2 aromatic rings. The second kappa shape index (κ2) is 8.29. The fourth-order valence-corrected chi connectivity index (χ4v) is 3.81. The van der Waals surface area contributed by atoms with E-state index in [1.807, 2.05) is 0 Å². The average molecular weight is 376 g/mol. The third kappa shape index (κ3) is 5.13. The number of benzene rings is 2. The Labute approximate surface area is 155 Å². The lowest BCUT2D eigenvalue weighted by Crippen LogP contribution is -2.68. The zero-order valence-electron chi connectivity index (χ0n) is 14.5. The van der Waals surface area contributed by atoms with Gasteiger partial charge in [0.2, 0.25) is 0 Å². The number of halogens is 1. The maximum atomic E-state index is 8.49. The van der Waals surface area contributed by atoms with Crippen molar-refractivity contribution in [3.05, 3.63) is 59.7 Å². The molecule has 0 spiro atoms. The molecule has 1 fully saturated rings. The number of nitrogens with zero attached hydrogens (tertiary/aromatic N) is 1. The highest BCUT2D eigenvalue weighted by Gasteiger charge is 2.24. The van der Waals surface area contributed by atoms with Crippen LogP contribution in [0.4, 0.5) is 0 Å². The summed E-state index contributed by atoms with van der Waals surface area (Å²) in [6, 6.07) is 17.9. The molecule has 0 unspecified atom stereocenters. The van der Waals surface area contributed by atoms with E-state index in [-0.39, 0.29) is 0 Å². The molecule has 1 aliphatic heterocycles. The lowest BCUT2D eigenvalue weighted by Gasteiger charge is -2.17. The lowest BCUT2D eigenvalue weighted by atomic mass is 9.97. The molecule has 5 nitrogen and oxygen atoms in total. The molecule has 1 heterocycles. The van der Waals surface area contributed by atoms with Crippen LogP contribution in [0.5, 0.6) is 0 Å². The molecule has 4 rings (SSSR count). The van der Waals surface area contributed by atoms with Crippen LogP contribution in [0.2, 0.25) is 0 Å². The molecule has 0 radical (unpaired) electrons. The Morgan fingerprint density at radius 3 is 1.54 bits per heavy atom. The summed E-state index contributed by atoms with van der Waals surface area (Å²) < 4.78 is 36.6. The van der Waals surface area contributed by atoms with Gasteiger partial charge in [-0.2, -0.15) is 0 Å². The maximum absolute atomic E-state index is 8.49. The minimum absolute atomic E-state index is 1.12. The van der Waals surface area contributed by atoms with Crippen molar-refractivity contribution in [1.29, 1.82) is 0 Å². The van der Waals surface area contributed by atoms with E-state index in [9.17, 15) is 0 Å². The van der Waals surface area contributed by atoms with Crippen LogP contribution >= 0.6 is 0 Å². The maximum Gasteiger partial charge on any atom is 0.161 e. The summed E-state index contributed by atoms with van der Waals surface area (Å²) in [4.78, 5) is 0. The van der Waals surface area contributed by atoms with Gasteiger partial charge < -0.3 is 0 Å². The highest BCUT2D eigenvalue weighted by molar-refractivity contribution is 5.91. The Hall–Kier alpha value is -1.76. The molecular formula is C20H22ClNO4. The van der Waals surface area contributed by atoms with Gasteiger partial charge >= 0.3 is 0 Å². The predicted octanol–water partition coefficient (Wildman–Crippen LogP) is -0.666. The first-order chi connectivity index (χ1) is 12.4. The fourth-order valence-electron chi connectivity index (χ4n) is 3.81. The molecule has 0 aromatic heterocycles. The van der Waals surface area contributed by atoms with Gasteiger partial charge in [-0.25, -0.2) is 23.2 Å². The second-order valence-corrected chi connectivity index (χ2v) is 7.42. The summed E-state index contributed by atoms with van der Waals surface area (Å²) in [6.07, 6.45) is 6.34. The van der Waals surface area contributed by atoms with Crippen LogP contribution in [-0.4, -0.2) is 23.4 Å². The molecule has 1 aliphatic carbocycles. The van der Waals surface area contributed by atoms with Gasteiger partial charge in [-0.15, -0.1) is 10.2 Å². The fraction of sp³-hybridized carbons (Fsp3) is 0.350. The van der Waals surface area contributed by atoms with Crippen LogP contribution in [-0.2, 0) is 12.8 Å².